The number of hydrogen-bond donors (Lipinski definition) is 13. The topological polar surface area (TPSA) is 337 Å². The Morgan fingerprint density at radius 2 is 1.24 bits per heavy atom. The number of rotatable bonds is 14. The van der Waals surface area contributed by atoms with Crippen LogP contribution >= 0.6 is 0 Å². The highest BCUT2D eigenvalue weighted by Gasteiger charge is 2.72. The van der Waals surface area contributed by atoms with E-state index in [4.69, 9.17) is 37.9 Å². The number of allylic oxidation sites excluding steroid dienone is 2. The van der Waals surface area contributed by atoms with Crippen LogP contribution in [0.1, 0.15) is 120 Å². The molecule has 0 bridgehead atoms. The third-order valence-corrected chi connectivity index (χ3v) is 20.5. The fraction of sp³-hybridized carbons (Fsp3) is 0.962. The molecule has 0 radical (unpaired) electrons. The van der Waals surface area contributed by atoms with Crippen molar-refractivity contribution < 1.29 is 104 Å². The van der Waals surface area contributed by atoms with Gasteiger partial charge in [0.2, 0.25) is 0 Å². The van der Waals surface area contributed by atoms with Crippen LogP contribution < -0.4 is 0 Å². The normalized spacial score (nSPS) is 53.3. The Balaban J connectivity index is 1.01. The first kappa shape index (κ1) is 59.0. The van der Waals surface area contributed by atoms with Crippen LogP contribution in [0.25, 0.3) is 0 Å². The summed E-state index contributed by atoms with van der Waals surface area (Å²) in [6.07, 6.45) is -20.9. The fourth-order valence-electron chi connectivity index (χ4n) is 15.9. The van der Waals surface area contributed by atoms with Gasteiger partial charge in [-0.05, 0) is 131 Å². The van der Waals surface area contributed by atoms with E-state index < -0.39 is 153 Å². The van der Waals surface area contributed by atoms with E-state index in [0.29, 0.717) is 32.1 Å². The quantitative estimate of drug-likeness (QED) is 0.0768. The molecule has 29 atom stereocenters. The third kappa shape index (κ3) is 10.2. The zero-order chi connectivity index (χ0) is 54.4. The van der Waals surface area contributed by atoms with E-state index in [0.717, 1.165) is 31.3 Å². The molecule has 4 aliphatic carbocycles. The molecule has 4 heterocycles. The molecular weight excluding hydrogens is 973 g/mol. The van der Waals surface area contributed by atoms with Crippen LogP contribution in [0.3, 0.4) is 0 Å². The summed E-state index contributed by atoms with van der Waals surface area (Å²) < 4.78 is 49.0. The van der Waals surface area contributed by atoms with Crippen LogP contribution in [0.2, 0.25) is 0 Å². The van der Waals surface area contributed by atoms with E-state index in [1.807, 2.05) is 20.8 Å². The average molecular weight is 1060 g/mol. The van der Waals surface area contributed by atoms with E-state index in [1.54, 1.807) is 0 Å². The first-order valence-electron chi connectivity index (χ1n) is 27.2. The summed E-state index contributed by atoms with van der Waals surface area (Å²) in [5.74, 6) is -0.318. The Morgan fingerprint density at radius 1 is 0.622 bits per heavy atom. The van der Waals surface area contributed by atoms with Crippen LogP contribution in [0, 0.1) is 45.3 Å². The predicted molar refractivity (Wildman–Crippen MR) is 259 cm³/mol. The minimum Gasteiger partial charge on any atom is -0.394 e. The van der Waals surface area contributed by atoms with Gasteiger partial charge in [0.25, 0.3) is 0 Å². The number of ether oxygens (including phenoxy) is 8. The minimum atomic E-state index is -1.71. The van der Waals surface area contributed by atoms with E-state index in [2.05, 4.69) is 40.7 Å². The molecule has 4 saturated heterocycles. The van der Waals surface area contributed by atoms with E-state index in [1.165, 1.54) is 6.92 Å². The second kappa shape index (κ2) is 22.1. The molecule has 21 heteroatoms. The van der Waals surface area contributed by atoms with Crippen LogP contribution in [-0.4, -0.2) is 221 Å². The first-order valence-corrected chi connectivity index (χ1v) is 27.2. The lowest BCUT2D eigenvalue weighted by Gasteiger charge is -2.71. The summed E-state index contributed by atoms with van der Waals surface area (Å²) >= 11 is 0. The molecule has 428 valence electrons. The number of fused-ring (bicyclic) bond motifs is 5. The lowest BCUT2D eigenvalue weighted by molar-refractivity contribution is -0.371. The van der Waals surface area contributed by atoms with Crippen molar-refractivity contribution in [1.82, 2.24) is 0 Å². The average Bonchev–Trinajstić information content (AvgIpc) is 3.73. The summed E-state index contributed by atoms with van der Waals surface area (Å²) in [5.41, 5.74) is -1.36. The van der Waals surface area contributed by atoms with E-state index in [-0.39, 0.29) is 46.5 Å². The van der Waals surface area contributed by atoms with Gasteiger partial charge in [0.05, 0.1) is 43.7 Å². The Morgan fingerprint density at radius 3 is 1.92 bits per heavy atom. The van der Waals surface area contributed by atoms with Gasteiger partial charge in [-0.3, -0.25) is 0 Å². The van der Waals surface area contributed by atoms with Crippen LogP contribution in [0.4, 0.5) is 0 Å². The van der Waals surface area contributed by atoms with Gasteiger partial charge in [-0.1, -0.05) is 46.3 Å². The van der Waals surface area contributed by atoms with Crippen molar-refractivity contribution in [2.24, 2.45) is 45.3 Å². The monoisotopic (exact) mass is 1060 g/mol. The van der Waals surface area contributed by atoms with E-state index in [9.17, 15) is 66.4 Å². The molecule has 8 aliphatic rings. The van der Waals surface area contributed by atoms with Crippen molar-refractivity contribution >= 4 is 0 Å². The third-order valence-electron chi connectivity index (χ3n) is 20.5. The Bertz CT molecular complexity index is 1930. The summed E-state index contributed by atoms with van der Waals surface area (Å²) in [4.78, 5) is 0. The van der Waals surface area contributed by atoms with Gasteiger partial charge in [0, 0.05) is 0 Å². The van der Waals surface area contributed by atoms with Crippen LogP contribution in [0.15, 0.2) is 11.6 Å². The minimum absolute atomic E-state index is 0.0752. The van der Waals surface area contributed by atoms with Gasteiger partial charge in [-0.25, -0.2) is 0 Å². The second-order valence-electron chi connectivity index (χ2n) is 25.3. The standard InChI is InChI=1S/C53H90O21/c1-23(2)11-10-15-53(9,74-47-43(66)39(62)37(60)29(71-47)22-68-45-42(65)38(61)34(57)24(3)69-45)25-12-17-52(8)33(25)26(55)19-31-50(6)16-14-32(49(4,5)30(50)13-18-51(31,52)7)72-48-44(40(63)36(59)28(20-54)70-48)73-46-41(64)35(58)27(56)21-67-46/h11,24-48,54-66H,10,12-22H2,1-9H3/t24-,25-,26+,27+,28+,29+,30+,31+,32+,33-,34-,35-,36+,37+,38+,39-,40-,41+,42+,43+,44+,45+,46+,47-,48-,50+,51+,52+,53-/m0/s1. The Kier molecular flexibility index (Phi) is 17.6. The predicted octanol–water partition coefficient (Wildman–Crippen LogP) is -0.536. The highest BCUT2D eigenvalue weighted by molar-refractivity contribution is 5.20. The highest BCUT2D eigenvalue weighted by Crippen LogP contribution is 2.76. The molecule has 8 fully saturated rings. The second-order valence-corrected chi connectivity index (χ2v) is 25.3. The SMILES string of the molecule is CC(C)=CCC[C@](C)(O[C@@H]1O[C@H](CO[C@@H]2O[C@@H](C)[C@H](O)[C@@H](O)[C@H]2O)[C@@H](O)[C@H](O)[C@H]1O)[C@H]1CC[C@]2(C)[C@@H]1[C@H](O)C[C@@H]1[C@]3(C)CC[C@@H](O[C@@H]4O[C@H](CO)[C@@H](O)[C@H](O)[C@H]4O[C@H]4OC[C@@H](O)[C@H](O)[C@H]4O)C(C)(C)[C@H]3CC[C@]12C. The Hall–Kier alpha value is -1.10. The van der Waals surface area contributed by atoms with Gasteiger partial charge in [-0.15, -0.1) is 0 Å². The molecule has 0 aromatic rings. The van der Waals surface area contributed by atoms with E-state index >= 15 is 0 Å². The van der Waals surface area contributed by atoms with Crippen molar-refractivity contribution in [3.63, 3.8) is 0 Å². The van der Waals surface area contributed by atoms with Gasteiger partial charge in [0.15, 0.2) is 25.2 Å². The van der Waals surface area contributed by atoms with Gasteiger partial charge in [0.1, 0.15) is 85.5 Å². The Labute approximate surface area is 434 Å². The van der Waals surface area contributed by atoms with Gasteiger partial charge >= 0.3 is 0 Å². The number of hydrogen-bond acceptors (Lipinski definition) is 21. The fourth-order valence-corrected chi connectivity index (χ4v) is 15.9. The smallest absolute Gasteiger partial charge is 0.187 e. The molecule has 0 aromatic heterocycles. The molecule has 8 rings (SSSR count). The largest absolute Gasteiger partial charge is 0.394 e. The summed E-state index contributed by atoms with van der Waals surface area (Å²) in [5, 5.41) is 141. The molecule has 0 unspecified atom stereocenters. The van der Waals surface area contributed by atoms with Gasteiger partial charge in [-0.2, -0.15) is 0 Å². The molecule has 13 N–H and O–H groups in total. The first-order chi connectivity index (χ1) is 34.6. The lowest BCUT2D eigenvalue weighted by atomic mass is 9.35. The van der Waals surface area contributed by atoms with Crippen molar-refractivity contribution in [3.8, 4) is 0 Å². The number of aliphatic hydroxyl groups is 13. The molecule has 4 saturated carbocycles. The maximum Gasteiger partial charge on any atom is 0.187 e. The zero-order valence-electron chi connectivity index (χ0n) is 44.6. The van der Waals surface area contributed by atoms with Crippen molar-refractivity contribution in [3.05, 3.63) is 11.6 Å². The summed E-state index contributed by atoms with van der Waals surface area (Å²) in [6, 6.07) is 0. The van der Waals surface area contributed by atoms with Crippen LogP contribution in [0.5, 0.6) is 0 Å². The number of aliphatic hydroxyl groups excluding tert-OH is 13. The highest BCUT2D eigenvalue weighted by atomic mass is 16.8. The molecular formula is C53H90O21. The molecule has 0 spiro atoms. The van der Waals surface area contributed by atoms with Gasteiger partial charge < -0.3 is 104 Å². The van der Waals surface area contributed by atoms with Crippen LogP contribution in [-0.2, 0) is 37.9 Å². The van der Waals surface area contributed by atoms with Crippen molar-refractivity contribution in [2.75, 3.05) is 19.8 Å². The maximum atomic E-state index is 12.8. The van der Waals surface area contributed by atoms with Crippen molar-refractivity contribution in [2.45, 2.75) is 255 Å². The molecule has 21 nitrogen and oxygen atoms in total. The zero-order valence-corrected chi connectivity index (χ0v) is 44.6. The molecule has 4 aliphatic heterocycles. The molecule has 74 heavy (non-hydrogen) atoms. The molecule has 0 aromatic carbocycles. The maximum absolute atomic E-state index is 12.8. The summed E-state index contributed by atoms with van der Waals surface area (Å²) in [7, 11) is 0. The lowest BCUT2D eigenvalue weighted by Crippen LogP contribution is -2.68. The van der Waals surface area contributed by atoms with Crippen molar-refractivity contribution in [1.29, 1.82) is 0 Å². The summed E-state index contributed by atoms with van der Waals surface area (Å²) in [6.45, 7) is 17.5. The molecule has 0 amide bonds.